The van der Waals surface area contributed by atoms with E-state index >= 15 is 0 Å². The predicted octanol–water partition coefficient (Wildman–Crippen LogP) is 4.21. The zero-order chi connectivity index (χ0) is 18.4. The molecule has 1 fully saturated rings. The van der Waals surface area contributed by atoms with Crippen molar-refractivity contribution >= 4 is 17.4 Å². The van der Waals surface area contributed by atoms with Gasteiger partial charge < -0.3 is 9.72 Å². The number of alkyl halides is 2. The maximum absolute atomic E-state index is 13.9. The van der Waals surface area contributed by atoms with Gasteiger partial charge in [-0.15, -0.1) is 0 Å². The minimum Gasteiger partial charge on any atom is -0.309 e. The Hall–Kier alpha value is -2.83. The number of imidazole rings is 1. The highest BCUT2D eigenvalue weighted by Crippen LogP contribution is 2.35. The quantitative estimate of drug-likeness (QED) is 0.758. The molecule has 0 bridgehead atoms. The third-order valence-corrected chi connectivity index (χ3v) is 4.65. The molecule has 3 aromatic rings. The van der Waals surface area contributed by atoms with Crippen LogP contribution in [0.25, 0.3) is 16.8 Å². The van der Waals surface area contributed by atoms with Gasteiger partial charge in [-0.1, -0.05) is 12.1 Å². The van der Waals surface area contributed by atoms with Crippen molar-refractivity contribution in [2.24, 2.45) is 5.92 Å². The fourth-order valence-corrected chi connectivity index (χ4v) is 3.05. The molecule has 1 aliphatic rings. The van der Waals surface area contributed by atoms with Crippen LogP contribution in [-0.4, -0.2) is 21.5 Å². The van der Waals surface area contributed by atoms with Gasteiger partial charge in [-0.25, -0.2) is 18.2 Å². The van der Waals surface area contributed by atoms with E-state index < -0.39 is 24.7 Å². The van der Waals surface area contributed by atoms with Crippen LogP contribution in [0.2, 0.25) is 0 Å². The van der Waals surface area contributed by atoms with Gasteiger partial charge in [0.1, 0.15) is 24.3 Å². The summed E-state index contributed by atoms with van der Waals surface area (Å²) in [5.41, 5.74) is 2.44. The van der Waals surface area contributed by atoms with Gasteiger partial charge in [0.15, 0.2) is 5.82 Å². The molecular formula is C19H16F3N3O. The third kappa shape index (κ3) is 2.83. The predicted molar refractivity (Wildman–Crippen MR) is 91.8 cm³/mol. The summed E-state index contributed by atoms with van der Waals surface area (Å²) in [5.74, 6) is -1.17. The molecule has 1 N–H and O–H groups in total. The number of anilines is 1. The maximum Gasteiger partial charge on any atom is 0.231 e. The molecule has 1 saturated carbocycles. The topological polar surface area (TPSA) is 46.4 Å². The van der Waals surface area contributed by atoms with E-state index in [-0.39, 0.29) is 18.1 Å². The third-order valence-electron chi connectivity index (χ3n) is 4.65. The molecule has 2 unspecified atom stereocenters. The Balaban J connectivity index is 1.75. The maximum atomic E-state index is 13.9. The number of carbonyl (C=O) groups is 1. The lowest BCUT2D eigenvalue weighted by Crippen LogP contribution is -2.15. The fraction of sp³-hybridized carbons (Fsp3) is 0.263. The smallest absolute Gasteiger partial charge is 0.231 e. The van der Waals surface area contributed by atoms with E-state index in [4.69, 9.17) is 0 Å². The molecule has 2 heterocycles. The number of hydrogen-bond donors (Lipinski definition) is 1. The average Bonchev–Trinajstić information content (AvgIpc) is 3.21. The summed E-state index contributed by atoms with van der Waals surface area (Å²) in [4.78, 5) is 16.1. The van der Waals surface area contributed by atoms with E-state index in [1.54, 1.807) is 41.9 Å². The summed E-state index contributed by atoms with van der Waals surface area (Å²) in [5, 5.41) is 2.56. The van der Waals surface area contributed by atoms with Crippen LogP contribution in [-0.2, 0) is 11.5 Å². The standard InChI is InChI=1S/C19H16F3N3O/c1-10-13(3-2-4-15(10)21)12-5-11(7-20)18-23-17(9-25(18)8-12)24-19(26)14-6-16(14)22/h2-5,8-9,14,16H,6-7H2,1H3,(H,24,26). The van der Waals surface area contributed by atoms with Crippen LogP contribution < -0.4 is 5.32 Å². The molecule has 26 heavy (non-hydrogen) atoms. The summed E-state index contributed by atoms with van der Waals surface area (Å²) in [6.07, 6.45) is 2.36. The van der Waals surface area contributed by atoms with Crippen molar-refractivity contribution in [1.29, 1.82) is 0 Å². The van der Waals surface area contributed by atoms with Gasteiger partial charge in [-0.05, 0) is 42.2 Å². The first-order valence-electron chi connectivity index (χ1n) is 8.26. The van der Waals surface area contributed by atoms with E-state index in [1.165, 1.54) is 6.07 Å². The molecule has 1 aromatic carbocycles. The van der Waals surface area contributed by atoms with Crippen molar-refractivity contribution in [3.8, 4) is 11.1 Å². The molecule has 7 heteroatoms. The van der Waals surface area contributed by atoms with Gasteiger partial charge in [0.2, 0.25) is 5.91 Å². The van der Waals surface area contributed by atoms with Crippen LogP contribution in [0.15, 0.2) is 36.7 Å². The van der Waals surface area contributed by atoms with Crippen molar-refractivity contribution in [2.75, 3.05) is 5.32 Å². The number of halogens is 3. The normalized spacial score (nSPS) is 18.9. The fourth-order valence-electron chi connectivity index (χ4n) is 3.05. The minimum absolute atomic E-state index is 0.220. The summed E-state index contributed by atoms with van der Waals surface area (Å²) < 4.78 is 42.0. The number of pyridine rings is 1. The molecule has 2 aromatic heterocycles. The van der Waals surface area contributed by atoms with Crippen LogP contribution in [0.5, 0.6) is 0 Å². The molecule has 2 atom stereocenters. The van der Waals surface area contributed by atoms with E-state index in [1.807, 2.05) is 0 Å². The molecule has 0 spiro atoms. The van der Waals surface area contributed by atoms with Gasteiger partial charge in [0, 0.05) is 11.8 Å². The Labute approximate surface area is 147 Å². The van der Waals surface area contributed by atoms with E-state index in [9.17, 15) is 18.0 Å². The van der Waals surface area contributed by atoms with Gasteiger partial charge in [0.05, 0.1) is 12.1 Å². The van der Waals surface area contributed by atoms with Crippen molar-refractivity contribution in [3.63, 3.8) is 0 Å². The molecule has 0 saturated heterocycles. The molecule has 4 rings (SSSR count). The summed E-state index contributed by atoms with van der Waals surface area (Å²) in [7, 11) is 0. The van der Waals surface area contributed by atoms with Gasteiger partial charge in [0.25, 0.3) is 0 Å². The van der Waals surface area contributed by atoms with E-state index in [0.717, 1.165) is 0 Å². The number of fused-ring (bicyclic) bond motifs is 1. The number of nitrogens with zero attached hydrogens (tertiary/aromatic N) is 2. The van der Waals surface area contributed by atoms with Crippen molar-refractivity contribution < 1.29 is 18.0 Å². The monoisotopic (exact) mass is 359 g/mol. The van der Waals surface area contributed by atoms with Crippen LogP contribution in [0, 0.1) is 18.7 Å². The second-order valence-electron chi connectivity index (χ2n) is 6.50. The lowest BCUT2D eigenvalue weighted by molar-refractivity contribution is -0.117. The highest BCUT2D eigenvalue weighted by molar-refractivity contribution is 5.94. The van der Waals surface area contributed by atoms with Crippen LogP contribution in [0.4, 0.5) is 19.0 Å². The van der Waals surface area contributed by atoms with Crippen LogP contribution in [0.3, 0.4) is 0 Å². The number of aromatic nitrogens is 2. The molecule has 1 aliphatic carbocycles. The second-order valence-corrected chi connectivity index (χ2v) is 6.50. The highest BCUT2D eigenvalue weighted by Gasteiger charge is 2.43. The largest absolute Gasteiger partial charge is 0.309 e. The average molecular weight is 359 g/mol. The van der Waals surface area contributed by atoms with Gasteiger partial charge in [-0.3, -0.25) is 4.79 Å². The number of nitrogens with one attached hydrogen (secondary N) is 1. The first-order chi connectivity index (χ1) is 12.5. The Morgan fingerprint density at radius 2 is 2.15 bits per heavy atom. The van der Waals surface area contributed by atoms with Gasteiger partial charge in [-0.2, -0.15) is 0 Å². The Bertz CT molecular complexity index is 1010. The molecular weight excluding hydrogens is 343 g/mol. The number of benzene rings is 1. The molecule has 0 radical (unpaired) electrons. The van der Waals surface area contributed by atoms with Crippen LogP contribution >= 0.6 is 0 Å². The van der Waals surface area contributed by atoms with E-state index in [2.05, 4.69) is 10.3 Å². The van der Waals surface area contributed by atoms with E-state index in [0.29, 0.717) is 27.9 Å². The summed E-state index contributed by atoms with van der Waals surface area (Å²) in [6.45, 7) is 0.901. The highest BCUT2D eigenvalue weighted by atomic mass is 19.1. The number of rotatable bonds is 4. The van der Waals surface area contributed by atoms with Gasteiger partial charge >= 0.3 is 0 Å². The lowest BCUT2D eigenvalue weighted by atomic mass is 10.0. The lowest BCUT2D eigenvalue weighted by Gasteiger charge is -2.09. The van der Waals surface area contributed by atoms with Crippen molar-refractivity contribution in [1.82, 2.24) is 9.38 Å². The summed E-state index contributed by atoms with van der Waals surface area (Å²) in [6, 6.07) is 6.34. The first kappa shape index (κ1) is 16.6. The molecule has 4 nitrogen and oxygen atoms in total. The Morgan fingerprint density at radius 1 is 1.38 bits per heavy atom. The summed E-state index contributed by atoms with van der Waals surface area (Å²) >= 11 is 0. The number of hydrogen-bond acceptors (Lipinski definition) is 2. The SMILES string of the molecule is Cc1c(F)cccc1-c1cc(CF)c2nc(NC(=O)C3CC3F)cn2c1. The van der Waals surface area contributed by atoms with Crippen LogP contribution in [0.1, 0.15) is 17.5 Å². The Kier molecular flexibility index (Phi) is 3.94. The van der Waals surface area contributed by atoms with Crippen molar-refractivity contribution in [3.05, 3.63) is 53.6 Å². The first-order valence-corrected chi connectivity index (χ1v) is 8.26. The zero-order valence-electron chi connectivity index (χ0n) is 14.0. The number of carbonyl (C=O) groups excluding carboxylic acids is 1. The van der Waals surface area contributed by atoms with Crippen molar-refractivity contribution in [2.45, 2.75) is 26.2 Å². The molecule has 0 aliphatic heterocycles. The molecule has 134 valence electrons. The second kappa shape index (κ2) is 6.16. The number of amides is 1. The zero-order valence-corrected chi connectivity index (χ0v) is 14.0. The Morgan fingerprint density at radius 3 is 2.85 bits per heavy atom. The molecule has 1 amide bonds. The minimum atomic E-state index is -1.10.